The summed E-state index contributed by atoms with van der Waals surface area (Å²) >= 11 is 0. The second-order valence-electron chi connectivity index (χ2n) is 8.41. The third-order valence-corrected chi connectivity index (χ3v) is 6.59. The molecule has 1 aromatic carbocycles. The van der Waals surface area contributed by atoms with Gasteiger partial charge in [-0.25, -0.2) is 8.78 Å². The highest BCUT2D eigenvalue weighted by molar-refractivity contribution is 5.36. The fourth-order valence-electron chi connectivity index (χ4n) is 4.74. The number of hydrogen-bond acceptors (Lipinski definition) is 0. The topological polar surface area (TPSA) is 0 Å². The number of hydrogen-bond donors (Lipinski definition) is 0. The summed E-state index contributed by atoms with van der Waals surface area (Å²) in [6.45, 7) is 2.21. The minimum atomic E-state index is -1.67. The zero-order valence-electron chi connectivity index (χ0n) is 16.2. The second-order valence-corrected chi connectivity index (χ2v) is 8.41. The lowest BCUT2D eigenvalue weighted by atomic mass is 9.74. The van der Waals surface area contributed by atoms with Crippen LogP contribution in [0, 0.1) is 17.6 Å². The number of allylic oxidation sites excluding steroid dienone is 1. The molecule has 2 saturated carbocycles. The van der Waals surface area contributed by atoms with Crippen molar-refractivity contribution in [2.45, 2.75) is 89.4 Å². The summed E-state index contributed by atoms with van der Waals surface area (Å²) < 4.78 is 54.3. The Labute approximate surface area is 160 Å². The Balaban J connectivity index is 1.57. The van der Waals surface area contributed by atoms with E-state index in [4.69, 9.17) is 0 Å². The van der Waals surface area contributed by atoms with Gasteiger partial charge in [-0.1, -0.05) is 51.2 Å². The van der Waals surface area contributed by atoms with E-state index in [9.17, 15) is 17.6 Å². The zero-order chi connectivity index (χ0) is 19.4. The van der Waals surface area contributed by atoms with Crippen molar-refractivity contribution in [2.24, 2.45) is 5.92 Å². The summed E-state index contributed by atoms with van der Waals surface area (Å²) in [6, 6.07) is 3.33. The normalized spacial score (nSPS) is 25.4. The Hall–Kier alpha value is -1.32. The summed E-state index contributed by atoms with van der Waals surface area (Å²) in [5.41, 5.74) is 0.805. The van der Waals surface area contributed by atoms with Crippen LogP contribution >= 0.6 is 0 Å². The van der Waals surface area contributed by atoms with Crippen molar-refractivity contribution < 1.29 is 17.6 Å². The first-order valence-electron chi connectivity index (χ1n) is 10.5. The van der Waals surface area contributed by atoms with Gasteiger partial charge in [0.2, 0.25) is 0 Å². The molecule has 4 heteroatoms. The average Bonchev–Trinajstić information content (AvgIpc) is 2.62. The molecule has 0 aliphatic heterocycles. The monoisotopic (exact) mass is 382 g/mol. The first-order valence-corrected chi connectivity index (χ1v) is 10.5. The van der Waals surface area contributed by atoms with Gasteiger partial charge in [0.15, 0.2) is 11.6 Å². The highest BCUT2D eigenvalue weighted by Crippen LogP contribution is 2.46. The molecular formula is C23H30F4. The van der Waals surface area contributed by atoms with Gasteiger partial charge in [0.05, 0.1) is 0 Å². The van der Waals surface area contributed by atoms with Gasteiger partial charge in [-0.05, 0) is 73.0 Å². The Morgan fingerprint density at radius 1 is 0.852 bits per heavy atom. The van der Waals surface area contributed by atoms with E-state index in [2.05, 4.69) is 6.92 Å². The molecule has 0 bridgehead atoms. The fraction of sp³-hybridized carbons (Fsp3) is 0.652. The van der Waals surface area contributed by atoms with Gasteiger partial charge in [-0.15, -0.1) is 0 Å². The number of unbranched alkanes of at least 4 members (excludes halogenated alkanes) is 3. The predicted molar refractivity (Wildman–Crippen MR) is 101 cm³/mol. The van der Waals surface area contributed by atoms with Gasteiger partial charge in [0, 0.05) is 0 Å². The van der Waals surface area contributed by atoms with Crippen LogP contribution in [0.1, 0.15) is 101 Å². The molecule has 0 atom stereocenters. The van der Waals surface area contributed by atoms with E-state index in [-0.39, 0.29) is 35.8 Å². The van der Waals surface area contributed by atoms with Crippen LogP contribution in [0.15, 0.2) is 23.8 Å². The summed E-state index contributed by atoms with van der Waals surface area (Å²) in [6.07, 6.45) is 8.98. The molecule has 0 amide bonds. The maximum absolute atomic E-state index is 14.7. The lowest BCUT2D eigenvalue weighted by molar-refractivity contribution is 0.296. The summed E-state index contributed by atoms with van der Waals surface area (Å²) in [5.74, 6) is -1.08. The number of halogens is 4. The third-order valence-electron chi connectivity index (χ3n) is 6.59. The van der Waals surface area contributed by atoms with Gasteiger partial charge in [0.1, 0.15) is 0 Å². The lowest BCUT2D eigenvalue weighted by Gasteiger charge is -2.31. The van der Waals surface area contributed by atoms with E-state index in [1.807, 2.05) is 0 Å². The van der Waals surface area contributed by atoms with Crippen LogP contribution in [0.4, 0.5) is 17.6 Å². The molecule has 27 heavy (non-hydrogen) atoms. The van der Waals surface area contributed by atoms with Crippen LogP contribution in [0.5, 0.6) is 0 Å². The Morgan fingerprint density at radius 2 is 1.44 bits per heavy atom. The first-order chi connectivity index (χ1) is 13.0. The SMILES string of the molecule is CCCCCC[C@H]1CC[C@H](c2ccc(C3CC(=C(F)F)C3)c(F)c2F)CC1. The van der Waals surface area contributed by atoms with Crippen LogP contribution < -0.4 is 0 Å². The van der Waals surface area contributed by atoms with Crippen LogP contribution in [-0.2, 0) is 0 Å². The van der Waals surface area contributed by atoms with Crippen molar-refractivity contribution in [3.63, 3.8) is 0 Å². The standard InChI is InChI=1S/C23H30F4/c1-2-3-4-5-6-15-7-9-16(10-8-15)19-11-12-20(22(25)21(19)24)17-13-18(14-17)23(26)27/h11-12,15-17H,2-10,13-14H2,1H3/t15-,16-. The highest BCUT2D eigenvalue weighted by atomic mass is 19.3. The highest BCUT2D eigenvalue weighted by Gasteiger charge is 2.33. The quantitative estimate of drug-likeness (QED) is 0.329. The molecule has 1 aromatic rings. The van der Waals surface area contributed by atoms with E-state index in [0.29, 0.717) is 5.56 Å². The molecule has 0 nitrogen and oxygen atoms in total. The van der Waals surface area contributed by atoms with Gasteiger partial charge >= 0.3 is 0 Å². The first kappa shape index (κ1) is 20.4. The molecular weight excluding hydrogens is 352 g/mol. The maximum atomic E-state index is 14.7. The van der Waals surface area contributed by atoms with Gasteiger partial charge in [-0.2, -0.15) is 8.78 Å². The van der Waals surface area contributed by atoms with Crippen molar-refractivity contribution in [3.8, 4) is 0 Å². The molecule has 0 heterocycles. The van der Waals surface area contributed by atoms with Crippen molar-refractivity contribution in [3.05, 3.63) is 46.5 Å². The summed E-state index contributed by atoms with van der Waals surface area (Å²) in [5, 5.41) is 0. The smallest absolute Gasteiger partial charge is 0.203 e. The minimum Gasteiger partial charge on any atom is -0.203 e. The van der Waals surface area contributed by atoms with E-state index in [0.717, 1.165) is 31.6 Å². The van der Waals surface area contributed by atoms with Crippen LogP contribution in [0.3, 0.4) is 0 Å². The van der Waals surface area contributed by atoms with E-state index in [1.165, 1.54) is 32.1 Å². The third kappa shape index (κ3) is 4.75. The van der Waals surface area contributed by atoms with E-state index < -0.39 is 17.7 Å². The van der Waals surface area contributed by atoms with Crippen molar-refractivity contribution in [1.82, 2.24) is 0 Å². The van der Waals surface area contributed by atoms with Crippen LogP contribution in [0.2, 0.25) is 0 Å². The van der Waals surface area contributed by atoms with E-state index >= 15 is 0 Å². The molecule has 0 aromatic heterocycles. The van der Waals surface area contributed by atoms with Crippen molar-refractivity contribution in [2.75, 3.05) is 0 Å². The van der Waals surface area contributed by atoms with Gasteiger partial charge in [0.25, 0.3) is 6.08 Å². The predicted octanol–water partition coefficient (Wildman–Crippen LogP) is 8.24. The summed E-state index contributed by atoms with van der Waals surface area (Å²) in [4.78, 5) is 0. The molecule has 150 valence electrons. The molecule has 0 radical (unpaired) electrons. The minimum absolute atomic E-state index is 0.0705. The Kier molecular flexibility index (Phi) is 6.99. The Morgan fingerprint density at radius 3 is 2.00 bits per heavy atom. The average molecular weight is 382 g/mol. The molecule has 0 N–H and O–H groups in total. The molecule has 0 spiro atoms. The zero-order valence-corrected chi connectivity index (χ0v) is 16.2. The van der Waals surface area contributed by atoms with Crippen molar-refractivity contribution >= 4 is 0 Å². The molecule has 0 saturated heterocycles. The molecule has 2 fully saturated rings. The van der Waals surface area contributed by atoms with Gasteiger partial charge < -0.3 is 0 Å². The largest absolute Gasteiger partial charge is 0.269 e. The van der Waals surface area contributed by atoms with Crippen molar-refractivity contribution in [1.29, 1.82) is 0 Å². The van der Waals surface area contributed by atoms with Crippen LogP contribution in [-0.4, -0.2) is 0 Å². The van der Waals surface area contributed by atoms with Gasteiger partial charge in [-0.3, -0.25) is 0 Å². The lowest BCUT2D eigenvalue weighted by Crippen LogP contribution is -2.18. The molecule has 0 unspecified atom stereocenters. The molecule has 3 rings (SSSR count). The number of rotatable bonds is 7. The van der Waals surface area contributed by atoms with E-state index in [1.54, 1.807) is 12.1 Å². The molecule has 2 aliphatic rings. The second kappa shape index (κ2) is 9.25. The maximum Gasteiger partial charge on any atom is 0.269 e. The fourth-order valence-corrected chi connectivity index (χ4v) is 4.74. The number of benzene rings is 1. The Bertz CT molecular complexity index is 659. The molecule has 2 aliphatic carbocycles. The van der Waals surface area contributed by atoms with Crippen LogP contribution in [0.25, 0.3) is 0 Å². The summed E-state index contributed by atoms with van der Waals surface area (Å²) in [7, 11) is 0.